The minimum Gasteiger partial charge on any atom is -0.489 e. The van der Waals surface area contributed by atoms with Gasteiger partial charge in [0.1, 0.15) is 34.9 Å². The van der Waals surface area contributed by atoms with Gasteiger partial charge in [0, 0.05) is 44.9 Å². The van der Waals surface area contributed by atoms with Crippen LogP contribution in [-0.2, 0) is 23.7 Å². The summed E-state index contributed by atoms with van der Waals surface area (Å²) in [4.78, 5) is 24.5. The van der Waals surface area contributed by atoms with Crippen LogP contribution >= 0.6 is 0 Å². The third kappa shape index (κ3) is 3.85. The third-order valence-corrected chi connectivity index (χ3v) is 12.2. The number of rotatable bonds is 4. The molecule has 2 atom stereocenters. The average molecular weight is 597 g/mol. The van der Waals surface area contributed by atoms with E-state index in [9.17, 15) is 9.59 Å². The van der Waals surface area contributed by atoms with E-state index in [4.69, 9.17) is 18.3 Å². The lowest BCUT2D eigenvalue weighted by molar-refractivity contribution is -0.161. The van der Waals surface area contributed by atoms with Gasteiger partial charge < -0.3 is 18.3 Å². The molecule has 1 saturated carbocycles. The van der Waals surface area contributed by atoms with E-state index in [-0.39, 0.29) is 45.1 Å². The Morgan fingerprint density at radius 2 is 0.955 bits per heavy atom. The standard InChI is InChI=1S/C38H44O6/c1-19-35(3,4)29-31-21(11-13-27(39)43-31)15-23(33(29)41-19)17-25-37(7,8)26(38(25,9)10)18-24-16-22-12-14-28(40)44-32(22)30-34(24)42-20(2)36(30,5)6/h11-16,19-20,25-26H,17-18H2,1-10H3/t19-,20-,25?,26?/m1/s1. The highest BCUT2D eigenvalue weighted by atomic mass is 16.5. The Labute approximate surface area is 258 Å². The van der Waals surface area contributed by atoms with Crippen LogP contribution in [0.5, 0.6) is 11.5 Å². The Kier molecular flexibility index (Phi) is 5.98. The molecular formula is C38H44O6. The van der Waals surface area contributed by atoms with Crippen LogP contribution in [-0.4, -0.2) is 12.2 Å². The Hall–Kier alpha value is -3.54. The summed E-state index contributed by atoms with van der Waals surface area (Å²) < 4.78 is 24.7. The fraction of sp³-hybridized carbons (Fsp3) is 0.526. The summed E-state index contributed by atoms with van der Waals surface area (Å²) in [5.41, 5.74) is 4.49. The molecule has 44 heavy (non-hydrogen) atoms. The summed E-state index contributed by atoms with van der Waals surface area (Å²) >= 11 is 0. The van der Waals surface area contributed by atoms with Crippen molar-refractivity contribution in [1.82, 2.24) is 0 Å². The van der Waals surface area contributed by atoms with Crippen LogP contribution in [0.2, 0.25) is 0 Å². The molecule has 1 aliphatic carbocycles. The molecule has 2 aromatic heterocycles. The van der Waals surface area contributed by atoms with Crippen molar-refractivity contribution in [1.29, 1.82) is 0 Å². The van der Waals surface area contributed by atoms with Crippen molar-refractivity contribution < 1.29 is 18.3 Å². The van der Waals surface area contributed by atoms with Crippen LogP contribution in [0.25, 0.3) is 21.9 Å². The molecule has 2 aliphatic heterocycles. The monoisotopic (exact) mass is 596 g/mol. The first-order valence-corrected chi connectivity index (χ1v) is 16.0. The number of benzene rings is 2. The fourth-order valence-corrected chi connectivity index (χ4v) is 9.10. The number of fused-ring (bicyclic) bond motifs is 6. The minimum absolute atomic E-state index is 0.0269. The summed E-state index contributed by atoms with van der Waals surface area (Å²) in [5.74, 6) is 2.56. The normalized spacial score (nSPS) is 27.0. The summed E-state index contributed by atoms with van der Waals surface area (Å²) in [6.07, 6.45) is 1.68. The van der Waals surface area contributed by atoms with E-state index >= 15 is 0 Å². The summed E-state index contributed by atoms with van der Waals surface area (Å²) in [7, 11) is 0. The maximum absolute atomic E-state index is 12.2. The molecule has 0 bridgehead atoms. The molecule has 0 N–H and O–H groups in total. The molecule has 2 aromatic carbocycles. The van der Waals surface area contributed by atoms with Gasteiger partial charge in [-0.25, -0.2) is 9.59 Å². The lowest BCUT2D eigenvalue weighted by Gasteiger charge is -2.65. The van der Waals surface area contributed by atoms with Crippen molar-refractivity contribution in [2.45, 2.75) is 105 Å². The largest absolute Gasteiger partial charge is 0.489 e. The van der Waals surface area contributed by atoms with E-state index < -0.39 is 0 Å². The number of hydrogen-bond acceptors (Lipinski definition) is 6. The Balaban J connectivity index is 1.28. The highest BCUT2D eigenvalue weighted by molar-refractivity contribution is 5.87. The van der Waals surface area contributed by atoms with Crippen LogP contribution < -0.4 is 20.7 Å². The van der Waals surface area contributed by atoms with Gasteiger partial charge in [-0.2, -0.15) is 0 Å². The predicted molar refractivity (Wildman–Crippen MR) is 173 cm³/mol. The molecule has 4 heterocycles. The van der Waals surface area contributed by atoms with Crippen molar-refractivity contribution in [3.05, 3.63) is 79.5 Å². The van der Waals surface area contributed by atoms with Gasteiger partial charge in [-0.3, -0.25) is 0 Å². The van der Waals surface area contributed by atoms with Gasteiger partial charge in [-0.05, 0) is 84.7 Å². The molecule has 0 amide bonds. The molecule has 0 spiro atoms. The van der Waals surface area contributed by atoms with E-state index in [1.165, 1.54) is 23.3 Å². The molecule has 3 aliphatic rings. The quantitative estimate of drug-likeness (QED) is 0.222. The first kappa shape index (κ1) is 29.2. The van der Waals surface area contributed by atoms with Crippen molar-refractivity contribution in [3.8, 4) is 11.5 Å². The van der Waals surface area contributed by atoms with Crippen LogP contribution in [0.3, 0.4) is 0 Å². The van der Waals surface area contributed by atoms with E-state index in [0.29, 0.717) is 23.0 Å². The Morgan fingerprint density at radius 1 is 0.591 bits per heavy atom. The van der Waals surface area contributed by atoms with Gasteiger partial charge in [-0.15, -0.1) is 0 Å². The molecule has 0 unspecified atom stereocenters. The first-order valence-electron chi connectivity index (χ1n) is 16.0. The van der Waals surface area contributed by atoms with Gasteiger partial charge in [0.2, 0.25) is 0 Å². The van der Waals surface area contributed by atoms with Gasteiger partial charge in [0.15, 0.2) is 0 Å². The molecule has 0 saturated heterocycles. The van der Waals surface area contributed by atoms with Gasteiger partial charge >= 0.3 is 11.3 Å². The molecular weight excluding hydrogens is 552 g/mol. The summed E-state index contributed by atoms with van der Waals surface area (Å²) in [6.45, 7) is 22.5. The van der Waals surface area contributed by atoms with Crippen LogP contribution in [0.15, 0.2) is 54.8 Å². The maximum Gasteiger partial charge on any atom is 0.336 e. The lowest BCUT2D eigenvalue weighted by atomic mass is 9.39. The number of ether oxygens (including phenoxy) is 2. The van der Waals surface area contributed by atoms with Crippen molar-refractivity contribution >= 4 is 21.9 Å². The van der Waals surface area contributed by atoms with Crippen LogP contribution in [0.1, 0.15) is 91.5 Å². The third-order valence-electron chi connectivity index (χ3n) is 12.2. The SMILES string of the molecule is C[C@H]1Oc2c(CC3C(C)(C)C(Cc4cc5ccc(=O)oc5c5c4O[C@H](C)C5(C)C)C3(C)C)cc3ccc(=O)oc3c2C1(C)C. The van der Waals surface area contributed by atoms with Gasteiger partial charge in [0.25, 0.3) is 0 Å². The molecule has 6 heteroatoms. The second kappa shape index (κ2) is 9.02. The smallest absolute Gasteiger partial charge is 0.336 e. The Morgan fingerprint density at radius 3 is 1.32 bits per heavy atom. The number of hydrogen-bond donors (Lipinski definition) is 0. The summed E-state index contributed by atoms with van der Waals surface area (Å²) in [6, 6.07) is 11.1. The lowest BCUT2D eigenvalue weighted by Crippen LogP contribution is -2.60. The second-order valence-electron chi connectivity index (χ2n) is 15.9. The molecule has 7 rings (SSSR count). The zero-order chi connectivity index (χ0) is 31.7. The zero-order valence-corrected chi connectivity index (χ0v) is 27.6. The van der Waals surface area contributed by atoms with Crippen molar-refractivity contribution in [2.24, 2.45) is 22.7 Å². The van der Waals surface area contributed by atoms with Crippen LogP contribution in [0.4, 0.5) is 0 Å². The second-order valence-corrected chi connectivity index (χ2v) is 15.9. The summed E-state index contributed by atoms with van der Waals surface area (Å²) in [5, 5.41) is 1.89. The highest BCUT2D eigenvalue weighted by Crippen LogP contribution is 2.66. The van der Waals surface area contributed by atoms with Gasteiger partial charge in [0.05, 0.1) is 0 Å². The molecule has 1 fully saturated rings. The van der Waals surface area contributed by atoms with E-state index in [1.807, 2.05) is 12.1 Å². The topological polar surface area (TPSA) is 78.9 Å². The van der Waals surface area contributed by atoms with Gasteiger partial charge in [-0.1, -0.05) is 55.4 Å². The van der Waals surface area contributed by atoms with Crippen molar-refractivity contribution in [3.63, 3.8) is 0 Å². The van der Waals surface area contributed by atoms with Crippen molar-refractivity contribution in [2.75, 3.05) is 0 Å². The average Bonchev–Trinajstić information content (AvgIpc) is 3.32. The minimum atomic E-state index is -0.337. The highest BCUT2D eigenvalue weighted by Gasteiger charge is 2.61. The fourth-order valence-electron chi connectivity index (χ4n) is 9.10. The molecule has 6 nitrogen and oxygen atoms in total. The molecule has 4 aromatic rings. The Bertz CT molecular complexity index is 1810. The van der Waals surface area contributed by atoms with E-state index in [1.54, 1.807) is 0 Å². The molecule has 232 valence electrons. The predicted octanol–water partition coefficient (Wildman–Crippen LogP) is 8.10. The maximum atomic E-state index is 12.2. The van der Waals surface area contributed by atoms with E-state index in [0.717, 1.165) is 46.2 Å². The molecule has 0 radical (unpaired) electrons. The first-order chi connectivity index (χ1) is 20.5. The van der Waals surface area contributed by atoms with E-state index in [2.05, 4.69) is 81.4 Å². The zero-order valence-electron chi connectivity index (χ0n) is 27.6. The van der Waals surface area contributed by atoms with Crippen LogP contribution in [0, 0.1) is 22.7 Å².